The molecular formula is C20H23N5O3S2. The molecule has 0 bridgehead atoms. The van der Waals surface area contributed by atoms with E-state index in [9.17, 15) is 13.2 Å². The molecule has 0 unspecified atom stereocenters. The van der Waals surface area contributed by atoms with Gasteiger partial charge in [0.05, 0.1) is 16.3 Å². The van der Waals surface area contributed by atoms with Gasteiger partial charge in [0.15, 0.2) is 5.16 Å². The number of nitrogens with zero attached hydrogens (tertiary/aromatic N) is 4. The van der Waals surface area contributed by atoms with Gasteiger partial charge in [-0.25, -0.2) is 12.7 Å². The minimum atomic E-state index is -3.57. The number of amides is 1. The highest BCUT2D eigenvalue weighted by Gasteiger charge is 2.18. The molecular weight excluding hydrogens is 422 g/mol. The lowest BCUT2D eigenvalue weighted by atomic mass is 10.1. The van der Waals surface area contributed by atoms with Crippen molar-refractivity contribution in [3.05, 3.63) is 60.4 Å². The monoisotopic (exact) mass is 445 g/mol. The highest BCUT2D eigenvalue weighted by atomic mass is 32.2. The van der Waals surface area contributed by atoms with Crippen molar-refractivity contribution in [3.8, 4) is 5.69 Å². The number of hydrogen-bond donors (Lipinski definition) is 1. The van der Waals surface area contributed by atoms with Gasteiger partial charge >= 0.3 is 0 Å². The quantitative estimate of drug-likeness (QED) is 0.536. The Kier molecular flexibility index (Phi) is 6.91. The third kappa shape index (κ3) is 4.89. The Morgan fingerprint density at radius 1 is 1.17 bits per heavy atom. The van der Waals surface area contributed by atoms with Gasteiger partial charge in [-0.2, -0.15) is 0 Å². The fourth-order valence-corrected chi connectivity index (χ4v) is 4.48. The second-order valence-corrected chi connectivity index (χ2v) is 9.71. The van der Waals surface area contributed by atoms with Crippen LogP contribution in [0.1, 0.15) is 12.5 Å². The second kappa shape index (κ2) is 9.41. The third-order valence-electron chi connectivity index (χ3n) is 4.38. The molecule has 1 aromatic heterocycles. The van der Waals surface area contributed by atoms with E-state index in [0.29, 0.717) is 10.8 Å². The lowest BCUT2D eigenvalue weighted by molar-refractivity contribution is -0.113. The zero-order chi connectivity index (χ0) is 21.7. The van der Waals surface area contributed by atoms with Gasteiger partial charge in [0.2, 0.25) is 15.9 Å². The van der Waals surface area contributed by atoms with E-state index >= 15 is 0 Å². The number of nitrogens with one attached hydrogen (secondary N) is 1. The van der Waals surface area contributed by atoms with Gasteiger partial charge in [-0.1, -0.05) is 43.0 Å². The molecule has 10 heteroatoms. The standard InChI is InChI=1S/C20H23N5O3S2/c1-4-15-8-5-6-11-18(15)25-14-21-23-20(25)29-13-19(26)22-16-9-7-10-17(12-16)30(27,28)24(2)3/h5-12,14H,4,13H2,1-3H3,(H,22,26). The van der Waals surface area contributed by atoms with Crippen molar-refractivity contribution < 1.29 is 13.2 Å². The van der Waals surface area contributed by atoms with E-state index in [1.807, 2.05) is 28.8 Å². The van der Waals surface area contributed by atoms with Crippen LogP contribution < -0.4 is 5.32 Å². The van der Waals surface area contributed by atoms with E-state index < -0.39 is 10.0 Å². The number of thioether (sulfide) groups is 1. The Morgan fingerprint density at radius 3 is 2.67 bits per heavy atom. The molecule has 0 radical (unpaired) electrons. The van der Waals surface area contributed by atoms with Crippen molar-refractivity contribution >= 4 is 33.4 Å². The van der Waals surface area contributed by atoms with Gasteiger partial charge in [-0.05, 0) is 36.2 Å². The number of carbonyl (C=O) groups excluding carboxylic acids is 1. The molecule has 0 aliphatic heterocycles. The predicted molar refractivity (Wildman–Crippen MR) is 117 cm³/mol. The summed E-state index contributed by atoms with van der Waals surface area (Å²) in [4.78, 5) is 12.5. The predicted octanol–water partition coefficient (Wildman–Crippen LogP) is 2.81. The van der Waals surface area contributed by atoms with Crippen molar-refractivity contribution in [2.45, 2.75) is 23.4 Å². The summed E-state index contributed by atoms with van der Waals surface area (Å²) in [6.45, 7) is 2.08. The second-order valence-electron chi connectivity index (χ2n) is 6.62. The Balaban J connectivity index is 1.69. The van der Waals surface area contributed by atoms with Crippen molar-refractivity contribution in [2.24, 2.45) is 0 Å². The molecule has 8 nitrogen and oxygen atoms in total. The first-order valence-corrected chi connectivity index (χ1v) is 11.7. The first-order valence-electron chi connectivity index (χ1n) is 9.26. The maximum absolute atomic E-state index is 12.4. The van der Waals surface area contributed by atoms with Gasteiger partial charge in [-0.3, -0.25) is 9.36 Å². The first kappa shape index (κ1) is 22.0. The highest BCUT2D eigenvalue weighted by Crippen LogP contribution is 2.23. The molecule has 0 saturated carbocycles. The molecule has 0 aliphatic carbocycles. The third-order valence-corrected chi connectivity index (χ3v) is 7.13. The molecule has 158 valence electrons. The molecule has 0 fully saturated rings. The lowest BCUT2D eigenvalue weighted by Gasteiger charge is -2.13. The summed E-state index contributed by atoms with van der Waals surface area (Å²) in [5.74, 6) is -0.157. The van der Waals surface area contributed by atoms with Gasteiger partial charge in [0, 0.05) is 19.8 Å². The number of aryl methyl sites for hydroxylation is 1. The molecule has 0 aliphatic rings. The maximum atomic E-state index is 12.4. The van der Waals surface area contributed by atoms with Crippen LogP contribution in [0.25, 0.3) is 5.69 Å². The molecule has 1 amide bonds. The van der Waals surface area contributed by atoms with E-state index in [0.717, 1.165) is 22.0 Å². The molecule has 3 aromatic rings. The van der Waals surface area contributed by atoms with Crippen LogP contribution in [-0.4, -0.2) is 53.2 Å². The minimum Gasteiger partial charge on any atom is -0.325 e. The summed E-state index contributed by atoms with van der Waals surface area (Å²) >= 11 is 1.26. The van der Waals surface area contributed by atoms with E-state index in [4.69, 9.17) is 0 Å². The average molecular weight is 446 g/mol. The van der Waals surface area contributed by atoms with Crippen molar-refractivity contribution in [1.82, 2.24) is 19.1 Å². The van der Waals surface area contributed by atoms with E-state index in [1.54, 1.807) is 18.5 Å². The Labute approximate surface area is 180 Å². The molecule has 30 heavy (non-hydrogen) atoms. The van der Waals surface area contributed by atoms with Crippen LogP contribution in [0.3, 0.4) is 0 Å². The molecule has 2 aromatic carbocycles. The number of sulfonamides is 1. The summed E-state index contributed by atoms with van der Waals surface area (Å²) in [7, 11) is -0.646. The summed E-state index contributed by atoms with van der Waals surface area (Å²) in [6.07, 6.45) is 2.50. The fraction of sp³-hybridized carbons (Fsp3) is 0.250. The SMILES string of the molecule is CCc1ccccc1-n1cnnc1SCC(=O)Nc1cccc(S(=O)(=O)N(C)C)c1. The summed E-state index contributed by atoms with van der Waals surface area (Å²) in [5.41, 5.74) is 2.55. The number of carbonyl (C=O) groups is 1. The number of aromatic nitrogens is 3. The van der Waals surface area contributed by atoms with Crippen molar-refractivity contribution in [3.63, 3.8) is 0 Å². The lowest BCUT2D eigenvalue weighted by Crippen LogP contribution is -2.22. The average Bonchev–Trinajstić information content (AvgIpc) is 3.20. The van der Waals surface area contributed by atoms with Gasteiger partial charge in [0.1, 0.15) is 6.33 Å². The van der Waals surface area contributed by atoms with E-state index in [2.05, 4.69) is 22.4 Å². The Hall–Kier alpha value is -2.69. The molecule has 0 spiro atoms. The minimum absolute atomic E-state index is 0.109. The zero-order valence-electron chi connectivity index (χ0n) is 16.9. The number of para-hydroxylation sites is 1. The normalized spacial score (nSPS) is 11.6. The van der Waals surface area contributed by atoms with Crippen LogP contribution in [0.2, 0.25) is 0 Å². The molecule has 0 saturated heterocycles. The largest absolute Gasteiger partial charge is 0.325 e. The maximum Gasteiger partial charge on any atom is 0.242 e. The number of rotatable bonds is 8. The van der Waals surface area contributed by atoms with Crippen molar-refractivity contribution in [1.29, 1.82) is 0 Å². The van der Waals surface area contributed by atoms with Crippen LogP contribution in [-0.2, 0) is 21.2 Å². The molecule has 1 N–H and O–H groups in total. The van der Waals surface area contributed by atoms with Gasteiger partial charge in [-0.15, -0.1) is 10.2 Å². The summed E-state index contributed by atoms with van der Waals surface area (Å²) in [6, 6.07) is 14.1. The Bertz CT molecular complexity index is 1140. The molecule has 1 heterocycles. The Morgan fingerprint density at radius 2 is 1.93 bits per heavy atom. The fourth-order valence-electron chi connectivity index (χ4n) is 2.81. The van der Waals surface area contributed by atoms with E-state index in [-0.39, 0.29) is 16.6 Å². The molecule has 3 rings (SSSR count). The number of hydrogen-bond acceptors (Lipinski definition) is 6. The van der Waals surface area contributed by atoms with Crippen LogP contribution >= 0.6 is 11.8 Å². The van der Waals surface area contributed by atoms with Crippen LogP contribution in [0, 0.1) is 0 Å². The molecule has 0 atom stereocenters. The number of anilines is 1. The van der Waals surface area contributed by atoms with Crippen LogP contribution in [0.4, 0.5) is 5.69 Å². The van der Waals surface area contributed by atoms with Gasteiger partial charge in [0.25, 0.3) is 0 Å². The topological polar surface area (TPSA) is 97.2 Å². The number of benzene rings is 2. The van der Waals surface area contributed by atoms with Crippen LogP contribution in [0.15, 0.2) is 64.9 Å². The summed E-state index contributed by atoms with van der Waals surface area (Å²) < 4.78 is 27.5. The van der Waals surface area contributed by atoms with E-state index in [1.165, 1.54) is 38.0 Å². The van der Waals surface area contributed by atoms with Crippen molar-refractivity contribution in [2.75, 3.05) is 25.2 Å². The highest BCUT2D eigenvalue weighted by molar-refractivity contribution is 7.99. The summed E-state index contributed by atoms with van der Waals surface area (Å²) in [5, 5.41) is 11.4. The smallest absolute Gasteiger partial charge is 0.242 e. The van der Waals surface area contributed by atoms with Gasteiger partial charge < -0.3 is 5.32 Å². The first-order chi connectivity index (χ1) is 14.3. The van der Waals surface area contributed by atoms with Crippen LogP contribution in [0.5, 0.6) is 0 Å². The zero-order valence-corrected chi connectivity index (χ0v) is 18.6.